The number of non-ortho nitro benzene ring substituents is 2. The van der Waals surface area contributed by atoms with Gasteiger partial charge in [-0.05, 0) is 24.3 Å². The van der Waals surface area contributed by atoms with Crippen molar-refractivity contribution in [3.05, 3.63) is 73.8 Å². The first-order valence-electron chi connectivity index (χ1n) is 9.36. The van der Waals surface area contributed by atoms with Crippen LogP contribution in [0.5, 0.6) is 5.75 Å². The Labute approximate surface area is 176 Å². The van der Waals surface area contributed by atoms with E-state index in [1.54, 1.807) is 24.3 Å². The molecular formula is C20H19N3O8. The molecule has 0 unspecified atom stereocenters. The standard InChI is InChI=1S/C20H19N3O8/c1-30-20(25)13-2-4-17(5-3-13)31-18-6-8-21(9-7-18)19(24)14-10-15(22(26)27)12-16(11-14)23(28)29/h2-5,10-12,18H,6-9H2,1H3. The highest BCUT2D eigenvalue weighted by molar-refractivity contribution is 5.95. The molecule has 0 N–H and O–H groups in total. The molecule has 1 amide bonds. The predicted octanol–water partition coefficient (Wildman–Crippen LogP) is 2.97. The first-order valence-corrected chi connectivity index (χ1v) is 9.36. The van der Waals surface area contributed by atoms with E-state index in [2.05, 4.69) is 4.74 Å². The second-order valence-corrected chi connectivity index (χ2v) is 6.88. The van der Waals surface area contributed by atoms with Crippen molar-refractivity contribution in [1.29, 1.82) is 0 Å². The van der Waals surface area contributed by atoms with Gasteiger partial charge in [0.05, 0.1) is 34.1 Å². The van der Waals surface area contributed by atoms with Crippen LogP contribution in [0.25, 0.3) is 0 Å². The summed E-state index contributed by atoms with van der Waals surface area (Å²) in [6.45, 7) is 0.667. The monoisotopic (exact) mass is 429 g/mol. The molecule has 31 heavy (non-hydrogen) atoms. The molecule has 1 heterocycles. The lowest BCUT2D eigenvalue weighted by Crippen LogP contribution is -2.41. The van der Waals surface area contributed by atoms with Gasteiger partial charge in [-0.3, -0.25) is 25.0 Å². The lowest BCUT2D eigenvalue weighted by molar-refractivity contribution is -0.394. The second kappa shape index (κ2) is 9.20. The lowest BCUT2D eigenvalue weighted by Gasteiger charge is -2.32. The summed E-state index contributed by atoms with van der Waals surface area (Å²) in [5.74, 6) is -0.376. The molecule has 2 aromatic rings. The average molecular weight is 429 g/mol. The summed E-state index contributed by atoms with van der Waals surface area (Å²) in [6, 6.07) is 9.41. The maximum atomic E-state index is 12.7. The molecule has 0 aliphatic carbocycles. The van der Waals surface area contributed by atoms with Gasteiger partial charge >= 0.3 is 5.97 Å². The molecule has 0 atom stereocenters. The molecule has 0 spiro atoms. The van der Waals surface area contributed by atoms with Crippen LogP contribution in [-0.4, -0.2) is 52.9 Å². The minimum atomic E-state index is -0.769. The van der Waals surface area contributed by atoms with Crippen molar-refractivity contribution in [2.45, 2.75) is 18.9 Å². The van der Waals surface area contributed by atoms with Crippen LogP contribution in [0.3, 0.4) is 0 Å². The van der Waals surface area contributed by atoms with Crippen LogP contribution in [0.2, 0.25) is 0 Å². The van der Waals surface area contributed by atoms with Crippen LogP contribution in [0.1, 0.15) is 33.6 Å². The molecule has 162 valence electrons. The fraction of sp³-hybridized carbons (Fsp3) is 0.300. The maximum Gasteiger partial charge on any atom is 0.337 e. The van der Waals surface area contributed by atoms with Gasteiger partial charge in [-0.1, -0.05) is 0 Å². The number of piperidine rings is 1. The predicted molar refractivity (Wildman–Crippen MR) is 107 cm³/mol. The molecule has 0 radical (unpaired) electrons. The fourth-order valence-corrected chi connectivity index (χ4v) is 3.27. The zero-order valence-electron chi connectivity index (χ0n) is 16.6. The number of carbonyl (C=O) groups excluding carboxylic acids is 2. The topological polar surface area (TPSA) is 142 Å². The van der Waals surface area contributed by atoms with E-state index < -0.39 is 33.1 Å². The number of nitro benzene ring substituents is 2. The first-order chi connectivity index (χ1) is 14.8. The van der Waals surface area contributed by atoms with Crippen molar-refractivity contribution in [2.75, 3.05) is 20.2 Å². The number of nitro groups is 2. The summed E-state index contributed by atoms with van der Waals surface area (Å²) >= 11 is 0. The Morgan fingerprint density at radius 1 is 0.935 bits per heavy atom. The van der Waals surface area contributed by atoms with Crippen molar-refractivity contribution in [3.63, 3.8) is 0 Å². The number of carbonyl (C=O) groups is 2. The van der Waals surface area contributed by atoms with Gasteiger partial charge in [0.15, 0.2) is 0 Å². The highest BCUT2D eigenvalue weighted by atomic mass is 16.6. The van der Waals surface area contributed by atoms with Gasteiger partial charge in [-0.25, -0.2) is 4.79 Å². The number of amides is 1. The first kappa shape index (κ1) is 21.7. The Kier molecular flexibility index (Phi) is 6.43. The summed E-state index contributed by atoms with van der Waals surface area (Å²) in [5, 5.41) is 22.1. The van der Waals surface area contributed by atoms with Crippen LogP contribution in [0.15, 0.2) is 42.5 Å². The van der Waals surface area contributed by atoms with E-state index in [1.165, 1.54) is 12.0 Å². The van der Waals surface area contributed by atoms with E-state index in [1.807, 2.05) is 0 Å². The Balaban J connectivity index is 1.63. The van der Waals surface area contributed by atoms with Crippen molar-refractivity contribution < 1.29 is 28.9 Å². The van der Waals surface area contributed by atoms with Crippen molar-refractivity contribution >= 4 is 23.3 Å². The summed E-state index contributed by atoms with van der Waals surface area (Å²) in [5.41, 5.74) is -0.711. The van der Waals surface area contributed by atoms with Gasteiger partial charge in [0.1, 0.15) is 11.9 Å². The summed E-state index contributed by atoms with van der Waals surface area (Å²) in [6.07, 6.45) is 0.871. The Morgan fingerprint density at radius 3 is 1.97 bits per heavy atom. The quantitative estimate of drug-likeness (QED) is 0.387. The molecule has 1 fully saturated rings. The highest BCUT2D eigenvalue weighted by Crippen LogP contribution is 2.25. The molecule has 1 aliphatic heterocycles. The van der Waals surface area contributed by atoms with Gasteiger partial charge in [0.25, 0.3) is 17.3 Å². The zero-order chi connectivity index (χ0) is 22.5. The van der Waals surface area contributed by atoms with E-state index in [4.69, 9.17) is 4.74 Å². The third-order valence-corrected chi connectivity index (χ3v) is 4.88. The minimum absolute atomic E-state index is 0.0985. The van der Waals surface area contributed by atoms with E-state index in [0.717, 1.165) is 18.2 Å². The van der Waals surface area contributed by atoms with Crippen LogP contribution in [-0.2, 0) is 4.74 Å². The molecule has 3 rings (SSSR count). The Hall–Kier alpha value is -4.02. The molecular weight excluding hydrogens is 410 g/mol. The molecule has 11 heteroatoms. The number of likely N-dealkylation sites (tertiary alicyclic amines) is 1. The van der Waals surface area contributed by atoms with Gasteiger partial charge in [-0.15, -0.1) is 0 Å². The van der Waals surface area contributed by atoms with Crippen molar-refractivity contribution in [1.82, 2.24) is 4.90 Å². The zero-order valence-corrected chi connectivity index (χ0v) is 16.6. The smallest absolute Gasteiger partial charge is 0.337 e. The number of hydrogen-bond donors (Lipinski definition) is 0. The lowest BCUT2D eigenvalue weighted by atomic mass is 10.1. The van der Waals surface area contributed by atoms with Crippen LogP contribution in [0, 0.1) is 20.2 Å². The number of methoxy groups -OCH3 is 1. The largest absolute Gasteiger partial charge is 0.490 e. The number of esters is 1. The number of nitrogens with zero attached hydrogens (tertiary/aromatic N) is 3. The van der Waals surface area contributed by atoms with Crippen LogP contribution >= 0.6 is 0 Å². The molecule has 1 saturated heterocycles. The third-order valence-electron chi connectivity index (χ3n) is 4.88. The Bertz CT molecular complexity index is 981. The number of benzene rings is 2. The molecule has 2 aromatic carbocycles. The fourth-order valence-electron chi connectivity index (χ4n) is 3.27. The number of hydrogen-bond acceptors (Lipinski definition) is 8. The average Bonchev–Trinajstić information content (AvgIpc) is 2.78. The van der Waals surface area contributed by atoms with Gasteiger partial charge in [-0.2, -0.15) is 0 Å². The summed E-state index contributed by atoms with van der Waals surface area (Å²) in [4.78, 5) is 46.2. The number of ether oxygens (including phenoxy) is 2. The Morgan fingerprint density at radius 2 is 1.48 bits per heavy atom. The normalized spacial score (nSPS) is 14.0. The van der Waals surface area contributed by atoms with Crippen molar-refractivity contribution in [3.8, 4) is 5.75 Å². The van der Waals surface area contributed by atoms with Gasteiger partial charge in [0, 0.05) is 38.1 Å². The third kappa shape index (κ3) is 5.13. The van der Waals surface area contributed by atoms with Crippen molar-refractivity contribution in [2.24, 2.45) is 0 Å². The van der Waals surface area contributed by atoms with E-state index in [9.17, 15) is 29.8 Å². The van der Waals surface area contributed by atoms with Crippen LogP contribution in [0.4, 0.5) is 11.4 Å². The van der Waals surface area contributed by atoms with Gasteiger partial charge in [0.2, 0.25) is 0 Å². The highest BCUT2D eigenvalue weighted by Gasteiger charge is 2.27. The van der Waals surface area contributed by atoms with Gasteiger partial charge < -0.3 is 14.4 Å². The molecule has 1 aliphatic rings. The minimum Gasteiger partial charge on any atom is -0.490 e. The summed E-state index contributed by atoms with van der Waals surface area (Å²) in [7, 11) is 1.30. The molecule has 0 aromatic heterocycles. The SMILES string of the molecule is COC(=O)c1ccc(OC2CCN(C(=O)c3cc([N+](=O)[O-])cc([N+](=O)[O-])c3)CC2)cc1. The van der Waals surface area contributed by atoms with E-state index in [0.29, 0.717) is 37.2 Å². The second-order valence-electron chi connectivity index (χ2n) is 6.88. The van der Waals surface area contributed by atoms with Crippen LogP contribution < -0.4 is 4.74 Å². The molecule has 11 nitrogen and oxygen atoms in total. The molecule has 0 saturated carbocycles. The number of rotatable bonds is 6. The van der Waals surface area contributed by atoms with E-state index in [-0.39, 0.29) is 11.7 Å². The maximum absolute atomic E-state index is 12.7. The molecule has 0 bridgehead atoms. The summed E-state index contributed by atoms with van der Waals surface area (Å²) < 4.78 is 10.5. The van der Waals surface area contributed by atoms with E-state index >= 15 is 0 Å².